The van der Waals surface area contributed by atoms with E-state index in [2.05, 4.69) is 18.3 Å². The molecule has 0 spiro atoms. The lowest BCUT2D eigenvalue weighted by Gasteiger charge is -2.23. The molecule has 1 aliphatic rings. The summed E-state index contributed by atoms with van der Waals surface area (Å²) in [5.41, 5.74) is 1.19. The SMILES string of the molecule is COc1cc(C)ccc1OCC[C@H]1CCCCN1. The van der Waals surface area contributed by atoms with E-state index in [0.717, 1.165) is 31.1 Å². The molecule has 18 heavy (non-hydrogen) atoms. The van der Waals surface area contributed by atoms with Crippen LogP contribution in [0.2, 0.25) is 0 Å². The maximum atomic E-state index is 5.82. The van der Waals surface area contributed by atoms with Crippen LogP contribution in [0.25, 0.3) is 0 Å². The molecule has 2 rings (SSSR count). The van der Waals surface area contributed by atoms with Crippen molar-refractivity contribution in [2.45, 2.75) is 38.6 Å². The Kier molecular flexibility index (Phi) is 4.88. The van der Waals surface area contributed by atoms with Crippen molar-refractivity contribution in [3.63, 3.8) is 0 Å². The van der Waals surface area contributed by atoms with Gasteiger partial charge < -0.3 is 14.8 Å². The van der Waals surface area contributed by atoms with E-state index in [0.29, 0.717) is 6.04 Å². The number of methoxy groups -OCH3 is 1. The topological polar surface area (TPSA) is 30.5 Å². The molecule has 0 unspecified atom stereocenters. The zero-order valence-corrected chi connectivity index (χ0v) is 11.4. The third kappa shape index (κ3) is 3.64. The van der Waals surface area contributed by atoms with Crippen molar-refractivity contribution in [3.05, 3.63) is 23.8 Å². The summed E-state index contributed by atoms with van der Waals surface area (Å²) >= 11 is 0. The van der Waals surface area contributed by atoms with Crippen molar-refractivity contribution in [1.29, 1.82) is 0 Å². The van der Waals surface area contributed by atoms with Crippen LogP contribution in [-0.2, 0) is 0 Å². The lowest BCUT2D eigenvalue weighted by atomic mass is 10.0. The van der Waals surface area contributed by atoms with E-state index in [-0.39, 0.29) is 0 Å². The third-order valence-electron chi connectivity index (χ3n) is 3.46. The predicted octanol–water partition coefficient (Wildman–Crippen LogP) is 2.91. The number of ether oxygens (including phenoxy) is 2. The van der Waals surface area contributed by atoms with E-state index >= 15 is 0 Å². The fourth-order valence-electron chi connectivity index (χ4n) is 2.38. The molecule has 3 heteroatoms. The Hall–Kier alpha value is -1.22. The second-order valence-electron chi connectivity index (χ2n) is 4.94. The normalized spacial score (nSPS) is 19.6. The Labute approximate surface area is 109 Å². The molecule has 0 saturated carbocycles. The van der Waals surface area contributed by atoms with E-state index in [1.165, 1.54) is 24.8 Å². The lowest BCUT2D eigenvalue weighted by Crippen LogP contribution is -2.35. The van der Waals surface area contributed by atoms with Crippen molar-refractivity contribution in [1.82, 2.24) is 5.32 Å². The van der Waals surface area contributed by atoms with Gasteiger partial charge in [-0.1, -0.05) is 12.5 Å². The van der Waals surface area contributed by atoms with Crippen LogP contribution in [0.4, 0.5) is 0 Å². The summed E-state index contributed by atoms with van der Waals surface area (Å²) in [5.74, 6) is 1.67. The molecule has 1 aromatic rings. The van der Waals surface area contributed by atoms with Gasteiger partial charge in [0.1, 0.15) is 0 Å². The van der Waals surface area contributed by atoms with Crippen LogP contribution in [0.5, 0.6) is 11.5 Å². The zero-order chi connectivity index (χ0) is 12.8. The van der Waals surface area contributed by atoms with Gasteiger partial charge in [0, 0.05) is 6.04 Å². The third-order valence-corrected chi connectivity index (χ3v) is 3.46. The predicted molar refractivity (Wildman–Crippen MR) is 73.5 cm³/mol. The fourth-order valence-corrected chi connectivity index (χ4v) is 2.38. The molecule has 1 aliphatic heterocycles. The van der Waals surface area contributed by atoms with Crippen LogP contribution in [0.1, 0.15) is 31.2 Å². The van der Waals surface area contributed by atoms with Crippen molar-refractivity contribution in [2.75, 3.05) is 20.3 Å². The van der Waals surface area contributed by atoms with Crippen LogP contribution in [0.15, 0.2) is 18.2 Å². The highest BCUT2D eigenvalue weighted by Crippen LogP contribution is 2.28. The number of hydrogen-bond acceptors (Lipinski definition) is 3. The Morgan fingerprint density at radius 1 is 1.28 bits per heavy atom. The lowest BCUT2D eigenvalue weighted by molar-refractivity contribution is 0.257. The Morgan fingerprint density at radius 3 is 2.89 bits per heavy atom. The van der Waals surface area contributed by atoms with E-state index in [1.54, 1.807) is 7.11 Å². The summed E-state index contributed by atoms with van der Waals surface area (Å²) in [5, 5.41) is 3.53. The summed E-state index contributed by atoms with van der Waals surface area (Å²) in [6.45, 7) is 3.95. The van der Waals surface area contributed by atoms with Crippen molar-refractivity contribution < 1.29 is 9.47 Å². The number of aryl methyl sites for hydroxylation is 1. The van der Waals surface area contributed by atoms with Gasteiger partial charge in [-0.2, -0.15) is 0 Å². The first-order valence-electron chi connectivity index (χ1n) is 6.80. The molecule has 1 heterocycles. The number of hydrogen-bond donors (Lipinski definition) is 1. The molecular formula is C15H23NO2. The fraction of sp³-hybridized carbons (Fsp3) is 0.600. The van der Waals surface area contributed by atoms with Gasteiger partial charge in [-0.15, -0.1) is 0 Å². The van der Waals surface area contributed by atoms with Crippen molar-refractivity contribution in [3.8, 4) is 11.5 Å². The monoisotopic (exact) mass is 249 g/mol. The largest absolute Gasteiger partial charge is 0.493 e. The number of benzene rings is 1. The van der Waals surface area contributed by atoms with Gasteiger partial charge >= 0.3 is 0 Å². The Balaban J connectivity index is 1.82. The summed E-state index contributed by atoms with van der Waals surface area (Å²) < 4.78 is 11.1. The molecule has 0 radical (unpaired) electrons. The van der Waals surface area contributed by atoms with Crippen LogP contribution < -0.4 is 14.8 Å². The first kappa shape index (κ1) is 13.2. The maximum Gasteiger partial charge on any atom is 0.161 e. The first-order valence-corrected chi connectivity index (χ1v) is 6.80. The maximum absolute atomic E-state index is 5.82. The molecule has 1 N–H and O–H groups in total. The van der Waals surface area contributed by atoms with Crippen LogP contribution in [0, 0.1) is 6.92 Å². The smallest absolute Gasteiger partial charge is 0.161 e. The van der Waals surface area contributed by atoms with Gasteiger partial charge in [0.2, 0.25) is 0 Å². The van der Waals surface area contributed by atoms with Crippen LogP contribution in [-0.4, -0.2) is 26.3 Å². The number of rotatable bonds is 5. The van der Waals surface area contributed by atoms with Gasteiger partial charge in [0.25, 0.3) is 0 Å². The average Bonchev–Trinajstić information content (AvgIpc) is 2.41. The molecular weight excluding hydrogens is 226 g/mol. The molecule has 0 amide bonds. The molecule has 3 nitrogen and oxygen atoms in total. The molecule has 0 aromatic heterocycles. The summed E-state index contributed by atoms with van der Waals surface area (Å²) in [7, 11) is 1.68. The summed E-state index contributed by atoms with van der Waals surface area (Å²) in [6.07, 6.45) is 4.99. The molecule has 0 bridgehead atoms. The second-order valence-corrected chi connectivity index (χ2v) is 4.94. The minimum Gasteiger partial charge on any atom is -0.493 e. The zero-order valence-electron chi connectivity index (χ0n) is 11.4. The Bertz CT molecular complexity index is 373. The summed E-state index contributed by atoms with van der Waals surface area (Å²) in [6, 6.07) is 6.67. The highest BCUT2D eigenvalue weighted by molar-refractivity contribution is 5.42. The average molecular weight is 249 g/mol. The molecule has 1 atom stereocenters. The van der Waals surface area contributed by atoms with E-state index < -0.39 is 0 Å². The van der Waals surface area contributed by atoms with E-state index in [1.807, 2.05) is 12.1 Å². The minimum atomic E-state index is 0.621. The van der Waals surface area contributed by atoms with Crippen LogP contribution in [0.3, 0.4) is 0 Å². The Morgan fingerprint density at radius 2 is 2.17 bits per heavy atom. The number of piperidine rings is 1. The van der Waals surface area contributed by atoms with Crippen molar-refractivity contribution in [2.24, 2.45) is 0 Å². The number of nitrogens with one attached hydrogen (secondary N) is 1. The highest BCUT2D eigenvalue weighted by Gasteiger charge is 2.12. The standard InChI is InChI=1S/C15H23NO2/c1-12-6-7-14(15(11-12)17-2)18-10-8-13-5-3-4-9-16-13/h6-7,11,13,16H,3-5,8-10H2,1-2H3/t13-/m1/s1. The molecule has 100 valence electrons. The second kappa shape index (κ2) is 6.64. The van der Waals surface area contributed by atoms with E-state index in [9.17, 15) is 0 Å². The van der Waals surface area contributed by atoms with Crippen molar-refractivity contribution >= 4 is 0 Å². The quantitative estimate of drug-likeness (QED) is 0.870. The highest BCUT2D eigenvalue weighted by atomic mass is 16.5. The molecule has 1 fully saturated rings. The molecule has 1 aromatic carbocycles. The van der Waals surface area contributed by atoms with Gasteiger partial charge in [-0.05, 0) is 50.4 Å². The molecule has 1 saturated heterocycles. The molecule has 0 aliphatic carbocycles. The first-order chi connectivity index (χ1) is 8.79. The van der Waals surface area contributed by atoms with Gasteiger partial charge in [0.05, 0.1) is 13.7 Å². The van der Waals surface area contributed by atoms with Crippen LogP contribution >= 0.6 is 0 Å². The minimum absolute atomic E-state index is 0.621. The summed E-state index contributed by atoms with van der Waals surface area (Å²) in [4.78, 5) is 0. The van der Waals surface area contributed by atoms with E-state index in [4.69, 9.17) is 9.47 Å². The van der Waals surface area contributed by atoms with Gasteiger partial charge in [-0.3, -0.25) is 0 Å². The van der Waals surface area contributed by atoms with Gasteiger partial charge in [0.15, 0.2) is 11.5 Å². The van der Waals surface area contributed by atoms with Gasteiger partial charge in [-0.25, -0.2) is 0 Å².